The fourth-order valence-corrected chi connectivity index (χ4v) is 9.82. The first-order valence-electron chi connectivity index (χ1n) is 16.4. The summed E-state index contributed by atoms with van der Waals surface area (Å²) in [5.41, 5.74) is 9.78. The Bertz CT molecular complexity index is 2260. The third-order valence-corrected chi connectivity index (χ3v) is 12.0. The van der Waals surface area contributed by atoms with E-state index in [9.17, 15) is 0 Å². The van der Waals surface area contributed by atoms with E-state index in [0.29, 0.717) is 0 Å². The molecule has 0 fully saturated rings. The van der Waals surface area contributed by atoms with Gasteiger partial charge >= 0.3 is 0 Å². The molecule has 7 aromatic carbocycles. The highest BCUT2D eigenvalue weighted by Crippen LogP contribution is 2.59. The highest BCUT2D eigenvalue weighted by atomic mass is 32.2. The van der Waals surface area contributed by atoms with Crippen LogP contribution in [0.15, 0.2) is 171 Å². The van der Waals surface area contributed by atoms with Gasteiger partial charge in [-0.1, -0.05) is 108 Å². The van der Waals surface area contributed by atoms with Gasteiger partial charge in [0.1, 0.15) is 11.5 Å². The van der Waals surface area contributed by atoms with Crippen LogP contribution in [0, 0.1) is 0 Å². The van der Waals surface area contributed by atoms with Crippen molar-refractivity contribution in [3.05, 3.63) is 152 Å². The Kier molecular flexibility index (Phi) is 5.88. The normalized spacial score (nSPS) is 14.2. The summed E-state index contributed by atoms with van der Waals surface area (Å²) in [6.45, 7) is -0.0760. The summed E-state index contributed by atoms with van der Waals surface area (Å²) in [4.78, 5) is 9.59. The average Bonchev–Trinajstić information content (AvgIpc) is 3.16. The first kappa shape index (κ1) is 27.5. The minimum absolute atomic E-state index is 0.0760. The van der Waals surface area contributed by atoms with Crippen molar-refractivity contribution in [1.29, 1.82) is 0 Å². The summed E-state index contributed by atoms with van der Waals surface area (Å²) in [6, 6.07) is 53.9. The third-order valence-electron chi connectivity index (χ3n) is 9.75. The Morgan fingerprint density at radius 1 is 0.388 bits per heavy atom. The quantitative estimate of drug-likeness (QED) is 0.171. The molecule has 0 amide bonds. The van der Waals surface area contributed by atoms with Crippen molar-refractivity contribution in [2.24, 2.45) is 0 Å². The molecule has 11 rings (SSSR count). The molecule has 0 bridgehead atoms. The number of para-hydroxylation sites is 6. The zero-order chi connectivity index (χ0) is 32.1. The van der Waals surface area contributed by atoms with Gasteiger partial charge in [-0.3, -0.25) is 0 Å². The lowest BCUT2D eigenvalue weighted by molar-refractivity contribution is 0.466. The van der Waals surface area contributed by atoms with Crippen LogP contribution in [-0.4, -0.2) is 6.71 Å². The minimum atomic E-state index is -0.0760. The second-order valence-corrected chi connectivity index (χ2v) is 14.6. The van der Waals surface area contributed by atoms with Gasteiger partial charge in [-0.25, -0.2) is 0 Å². The second kappa shape index (κ2) is 10.5. The molecule has 7 heteroatoms. The zero-order valence-corrected chi connectivity index (χ0v) is 27.7. The summed E-state index contributed by atoms with van der Waals surface area (Å²) in [5, 5.41) is 0. The molecule has 0 atom stereocenters. The van der Waals surface area contributed by atoms with Crippen molar-refractivity contribution in [3.63, 3.8) is 0 Å². The minimum Gasteiger partial charge on any atom is -0.456 e. The Morgan fingerprint density at radius 3 is 1.14 bits per heavy atom. The molecule has 4 nitrogen and oxygen atoms in total. The third kappa shape index (κ3) is 3.97. The van der Waals surface area contributed by atoms with Gasteiger partial charge in [-0.2, -0.15) is 0 Å². The zero-order valence-electron chi connectivity index (χ0n) is 26.0. The van der Waals surface area contributed by atoms with E-state index >= 15 is 0 Å². The van der Waals surface area contributed by atoms with Crippen LogP contribution in [0.1, 0.15) is 0 Å². The fourth-order valence-electron chi connectivity index (χ4n) is 7.70. The lowest BCUT2D eigenvalue weighted by Crippen LogP contribution is -2.57. The largest absolute Gasteiger partial charge is 0.456 e. The van der Waals surface area contributed by atoms with Gasteiger partial charge < -0.3 is 19.3 Å². The van der Waals surface area contributed by atoms with Crippen molar-refractivity contribution in [2.75, 3.05) is 9.80 Å². The molecule has 0 saturated carbocycles. The van der Waals surface area contributed by atoms with Crippen molar-refractivity contribution in [1.82, 2.24) is 0 Å². The standard InChI is InChI=1S/C42H25BN2O2S2/c1-7-19-34-26(13-1)43-27-14-2-8-20-35(27)47-42-33(45-30-17-5-11-23-38(30)49-39-24-12-6-18-31(39)45)25-32(41(46-34)40(42)43)44-28-15-3-9-21-36(28)48-37-22-10-4-16-29(37)44/h1-25H. The number of ether oxygens (including phenoxy) is 2. The molecule has 0 radical (unpaired) electrons. The Labute approximate surface area is 293 Å². The molecule has 230 valence electrons. The summed E-state index contributed by atoms with van der Waals surface area (Å²) in [6.07, 6.45) is 0. The topological polar surface area (TPSA) is 24.9 Å². The smallest absolute Gasteiger partial charge is 0.260 e. The van der Waals surface area contributed by atoms with Crippen LogP contribution in [0.3, 0.4) is 0 Å². The number of nitrogens with zero attached hydrogens (tertiary/aromatic N) is 2. The van der Waals surface area contributed by atoms with Gasteiger partial charge in [0.15, 0.2) is 11.5 Å². The van der Waals surface area contributed by atoms with E-state index in [1.165, 1.54) is 19.6 Å². The van der Waals surface area contributed by atoms with Crippen molar-refractivity contribution >= 4 is 80.7 Å². The maximum atomic E-state index is 7.08. The Balaban J connectivity index is 1.28. The van der Waals surface area contributed by atoms with Crippen LogP contribution in [-0.2, 0) is 0 Å². The molecule has 0 saturated heterocycles. The van der Waals surface area contributed by atoms with Gasteiger partial charge in [-0.15, -0.1) is 0 Å². The molecule has 4 aliphatic rings. The van der Waals surface area contributed by atoms with Gasteiger partial charge in [0.2, 0.25) is 0 Å². The molecule has 0 N–H and O–H groups in total. The summed E-state index contributed by atoms with van der Waals surface area (Å²) in [5.74, 6) is 3.38. The highest BCUT2D eigenvalue weighted by Gasteiger charge is 2.45. The number of hydrogen-bond donors (Lipinski definition) is 0. The first-order valence-corrected chi connectivity index (χ1v) is 18.0. The number of fused-ring (bicyclic) bond motifs is 8. The monoisotopic (exact) mass is 664 g/mol. The van der Waals surface area contributed by atoms with Crippen LogP contribution >= 0.6 is 23.5 Å². The van der Waals surface area contributed by atoms with Crippen LogP contribution in [0.2, 0.25) is 0 Å². The molecule has 0 aromatic heterocycles. The van der Waals surface area contributed by atoms with E-state index in [-0.39, 0.29) is 6.71 Å². The van der Waals surface area contributed by atoms with Crippen LogP contribution in [0.5, 0.6) is 23.0 Å². The van der Waals surface area contributed by atoms with Gasteiger partial charge in [0.05, 0.1) is 34.1 Å². The van der Waals surface area contributed by atoms with E-state index in [4.69, 9.17) is 9.47 Å². The van der Waals surface area contributed by atoms with Crippen LogP contribution in [0.25, 0.3) is 0 Å². The fraction of sp³-hybridized carbons (Fsp3) is 0. The molecule has 0 unspecified atom stereocenters. The maximum absolute atomic E-state index is 7.08. The highest BCUT2D eigenvalue weighted by molar-refractivity contribution is 8.00. The predicted molar refractivity (Wildman–Crippen MR) is 202 cm³/mol. The first-order chi connectivity index (χ1) is 24.3. The SMILES string of the molecule is c1ccc2c(c1)Oc1c(N3c4ccccc4Sc4ccccc43)cc(N3c4ccccc4Sc4ccccc43)c3c1B2c1ccccc1O3. The maximum Gasteiger partial charge on any atom is 0.260 e. The van der Waals surface area contributed by atoms with Gasteiger partial charge in [0, 0.05) is 25.0 Å². The van der Waals surface area contributed by atoms with E-state index < -0.39 is 0 Å². The van der Waals surface area contributed by atoms with Crippen molar-refractivity contribution in [3.8, 4) is 23.0 Å². The summed E-state index contributed by atoms with van der Waals surface area (Å²) in [7, 11) is 0. The van der Waals surface area contributed by atoms with Crippen LogP contribution < -0.4 is 35.7 Å². The summed E-state index contributed by atoms with van der Waals surface area (Å²) >= 11 is 3.62. The molecule has 4 heterocycles. The van der Waals surface area contributed by atoms with Crippen molar-refractivity contribution < 1.29 is 9.47 Å². The second-order valence-electron chi connectivity index (χ2n) is 12.4. The molecule has 49 heavy (non-hydrogen) atoms. The number of rotatable bonds is 2. The molecular formula is C42H25BN2O2S2. The number of benzene rings is 7. The van der Waals surface area contributed by atoms with E-state index in [0.717, 1.165) is 73.5 Å². The Hall–Kier alpha value is -5.50. The molecule has 4 aliphatic heterocycles. The van der Waals surface area contributed by atoms with E-state index in [1.807, 2.05) is 23.5 Å². The van der Waals surface area contributed by atoms with Crippen LogP contribution in [0.4, 0.5) is 34.1 Å². The Morgan fingerprint density at radius 2 is 0.735 bits per heavy atom. The average molecular weight is 665 g/mol. The van der Waals surface area contributed by atoms with E-state index in [2.05, 4.69) is 161 Å². The predicted octanol–water partition coefficient (Wildman–Crippen LogP) is 10.3. The van der Waals surface area contributed by atoms with Gasteiger partial charge in [-0.05, 0) is 77.7 Å². The van der Waals surface area contributed by atoms with E-state index in [1.54, 1.807) is 0 Å². The van der Waals surface area contributed by atoms with Crippen molar-refractivity contribution in [2.45, 2.75) is 19.6 Å². The molecular weight excluding hydrogens is 639 g/mol. The molecule has 7 aromatic rings. The summed E-state index contributed by atoms with van der Waals surface area (Å²) < 4.78 is 14.2. The number of anilines is 6. The number of hydrogen-bond acceptors (Lipinski definition) is 6. The molecule has 0 aliphatic carbocycles. The lowest BCUT2D eigenvalue weighted by atomic mass is 9.34. The van der Waals surface area contributed by atoms with Gasteiger partial charge in [0.25, 0.3) is 6.71 Å². The lowest BCUT2D eigenvalue weighted by Gasteiger charge is -2.41. The molecule has 0 spiro atoms.